The van der Waals surface area contributed by atoms with Crippen LogP contribution < -0.4 is 5.73 Å². The zero-order valence-corrected chi connectivity index (χ0v) is 12.3. The molecule has 2 atom stereocenters. The van der Waals surface area contributed by atoms with Gasteiger partial charge in [0.1, 0.15) is 0 Å². The maximum atomic E-state index is 6.35. The number of likely N-dealkylation sites (N-methyl/N-ethyl adjacent to an activating group) is 1. The van der Waals surface area contributed by atoms with Crippen molar-refractivity contribution in [2.24, 2.45) is 11.7 Å². The topological polar surface area (TPSA) is 42.1 Å². The molecule has 0 amide bonds. The van der Waals surface area contributed by atoms with Crippen LogP contribution in [0, 0.1) is 5.92 Å². The van der Waals surface area contributed by atoms with Crippen molar-refractivity contribution in [1.82, 2.24) is 9.88 Å². The molecule has 1 heterocycles. The van der Waals surface area contributed by atoms with Crippen molar-refractivity contribution >= 4 is 0 Å². The number of hydrogen-bond acceptors (Lipinski definition) is 3. The van der Waals surface area contributed by atoms with Crippen LogP contribution in [-0.2, 0) is 0 Å². The zero-order chi connectivity index (χ0) is 13.7. The maximum absolute atomic E-state index is 6.35. The van der Waals surface area contributed by atoms with Gasteiger partial charge in [-0.3, -0.25) is 9.88 Å². The molecule has 0 aliphatic heterocycles. The Morgan fingerprint density at radius 2 is 2.16 bits per heavy atom. The molecule has 2 N–H and O–H groups in total. The summed E-state index contributed by atoms with van der Waals surface area (Å²) < 4.78 is 0. The quantitative estimate of drug-likeness (QED) is 0.856. The predicted octanol–water partition coefficient (Wildman–Crippen LogP) is 2.98. The molecule has 0 aromatic carbocycles. The van der Waals surface area contributed by atoms with Crippen molar-refractivity contribution in [3.05, 3.63) is 30.1 Å². The summed E-state index contributed by atoms with van der Waals surface area (Å²) >= 11 is 0. The van der Waals surface area contributed by atoms with E-state index in [2.05, 4.69) is 29.9 Å². The lowest BCUT2D eigenvalue weighted by molar-refractivity contribution is 0.180. The van der Waals surface area contributed by atoms with Crippen LogP contribution in [0.15, 0.2) is 24.5 Å². The summed E-state index contributed by atoms with van der Waals surface area (Å²) in [6.07, 6.45) is 10.3. The fraction of sp³-hybridized carbons (Fsp3) is 0.688. The van der Waals surface area contributed by atoms with E-state index in [4.69, 9.17) is 5.73 Å². The van der Waals surface area contributed by atoms with Crippen molar-refractivity contribution in [2.75, 3.05) is 13.6 Å². The summed E-state index contributed by atoms with van der Waals surface area (Å²) in [4.78, 5) is 6.70. The Kier molecular flexibility index (Phi) is 5.34. The highest BCUT2D eigenvalue weighted by Gasteiger charge is 2.26. The van der Waals surface area contributed by atoms with Gasteiger partial charge < -0.3 is 5.73 Å². The molecule has 3 nitrogen and oxygen atoms in total. The second-order valence-electron chi connectivity index (χ2n) is 5.89. The van der Waals surface area contributed by atoms with Gasteiger partial charge in [0.15, 0.2) is 0 Å². The van der Waals surface area contributed by atoms with E-state index in [-0.39, 0.29) is 6.04 Å². The Balaban J connectivity index is 2.08. The number of hydrogen-bond donors (Lipinski definition) is 1. The highest BCUT2D eigenvalue weighted by molar-refractivity contribution is 5.16. The van der Waals surface area contributed by atoms with E-state index in [0.29, 0.717) is 6.04 Å². The maximum Gasteiger partial charge on any atom is 0.0511 e. The van der Waals surface area contributed by atoms with E-state index in [1.807, 2.05) is 18.5 Å². The minimum atomic E-state index is 0.176. The third-order valence-electron chi connectivity index (χ3n) is 4.40. The van der Waals surface area contributed by atoms with Crippen LogP contribution >= 0.6 is 0 Å². The molecule has 3 heteroatoms. The smallest absolute Gasteiger partial charge is 0.0511 e. The first-order valence-corrected chi connectivity index (χ1v) is 7.58. The summed E-state index contributed by atoms with van der Waals surface area (Å²) in [5.74, 6) is 0.855. The lowest BCUT2D eigenvalue weighted by atomic mass is 9.96. The normalized spacial score (nSPS) is 19.8. The van der Waals surface area contributed by atoms with Gasteiger partial charge in [0.25, 0.3) is 0 Å². The van der Waals surface area contributed by atoms with Gasteiger partial charge in [0.05, 0.1) is 6.04 Å². The summed E-state index contributed by atoms with van der Waals surface area (Å²) in [7, 11) is 2.21. The molecule has 1 aromatic heterocycles. The summed E-state index contributed by atoms with van der Waals surface area (Å²) in [6.45, 7) is 3.32. The van der Waals surface area contributed by atoms with Gasteiger partial charge in [0.2, 0.25) is 0 Å². The number of rotatable bonds is 6. The van der Waals surface area contributed by atoms with Crippen molar-refractivity contribution in [3.63, 3.8) is 0 Å². The zero-order valence-electron chi connectivity index (χ0n) is 12.3. The van der Waals surface area contributed by atoms with Gasteiger partial charge in [-0.15, -0.1) is 0 Å². The average molecular weight is 261 g/mol. The number of nitrogens with two attached hydrogens (primary N) is 1. The Labute approximate surface area is 117 Å². The molecule has 1 saturated carbocycles. The minimum absolute atomic E-state index is 0.176. The SMILES string of the molecule is CCC(N)C(c1cccnc1)N(C)CC1CCCC1. The lowest BCUT2D eigenvalue weighted by Gasteiger charge is -2.34. The monoisotopic (exact) mass is 261 g/mol. The van der Waals surface area contributed by atoms with Gasteiger partial charge >= 0.3 is 0 Å². The molecule has 0 bridgehead atoms. The van der Waals surface area contributed by atoms with Crippen molar-refractivity contribution < 1.29 is 0 Å². The molecular weight excluding hydrogens is 234 g/mol. The van der Waals surface area contributed by atoms with Crippen LogP contribution in [0.5, 0.6) is 0 Å². The van der Waals surface area contributed by atoms with Crippen molar-refractivity contribution in [1.29, 1.82) is 0 Å². The van der Waals surface area contributed by atoms with Crippen LogP contribution in [0.3, 0.4) is 0 Å². The molecular formula is C16H27N3. The first-order chi connectivity index (χ1) is 9.22. The Morgan fingerprint density at radius 3 is 2.74 bits per heavy atom. The molecule has 0 radical (unpaired) electrons. The first-order valence-electron chi connectivity index (χ1n) is 7.58. The Bertz CT molecular complexity index is 360. The van der Waals surface area contributed by atoms with Crippen LogP contribution in [0.1, 0.15) is 50.6 Å². The van der Waals surface area contributed by atoms with Gasteiger partial charge in [-0.05, 0) is 43.9 Å². The fourth-order valence-corrected chi connectivity index (χ4v) is 3.32. The van der Waals surface area contributed by atoms with Gasteiger partial charge in [0, 0.05) is 25.0 Å². The second kappa shape index (κ2) is 7.01. The molecule has 1 aromatic rings. The number of pyridine rings is 1. The van der Waals surface area contributed by atoms with Crippen LogP contribution in [0.4, 0.5) is 0 Å². The van der Waals surface area contributed by atoms with E-state index >= 15 is 0 Å². The van der Waals surface area contributed by atoms with Crippen molar-refractivity contribution in [2.45, 2.75) is 51.1 Å². The number of nitrogens with zero attached hydrogens (tertiary/aromatic N) is 2. The Hall–Kier alpha value is -0.930. The third kappa shape index (κ3) is 3.77. The molecule has 1 aliphatic rings. The molecule has 1 aliphatic carbocycles. The highest BCUT2D eigenvalue weighted by Crippen LogP contribution is 2.29. The fourth-order valence-electron chi connectivity index (χ4n) is 3.32. The van der Waals surface area contributed by atoms with Crippen LogP contribution in [0.25, 0.3) is 0 Å². The molecule has 2 unspecified atom stereocenters. The molecule has 2 rings (SSSR count). The Morgan fingerprint density at radius 1 is 1.42 bits per heavy atom. The molecule has 19 heavy (non-hydrogen) atoms. The third-order valence-corrected chi connectivity index (χ3v) is 4.40. The summed E-state index contributed by atoms with van der Waals surface area (Å²) in [6, 6.07) is 4.63. The van der Waals surface area contributed by atoms with E-state index in [0.717, 1.165) is 18.9 Å². The lowest BCUT2D eigenvalue weighted by Crippen LogP contribution is -2.40. The van der Waals surface area contributed by atoms with Crippen LogP contribution in [-0.4, -0.2) is 29.5 Å². The van der Waals surface area contributed by atoms with Gasteiger partial charge in [-0.2, -0.15) is 0 Å². The van der Waals surface area contributed by atoms with Gasteiger partial charge in [-0.25, -0.2) is 0 Å². The molecule has 106 valence electrons. The van der Waals surface area contributed by atoms with E-state index in [1.54, 1.807) is 0 Å². The average Bonchev–Trinajstić information content (AvgIpc) is 2.93. The second-order valence-corrected chi connectivity index (χ2v) is 5.89. The molecule has 1 fully saturated rings. The molecule has 0 spiro atoms. The van der Waals surface area contributed by atoms with E-state index in [9.17, 15) is 0 Å². The number of aromatic nitrogens is 1. The first kappa shape index (κ1) is 14.5. The van der Waals surface area contributed by atoms with E-state index in [1.165, 1.54) is 31.2 Å². The van der Waals surface area contributed by atoms with Crippen LogP contribution in [0.2, 0.25) is 0 Å². The highest BCUT2D eigenvalue weighted by atomic mass is 15.1. The van der Waals surface area contributed by atoms with Gasteiger partial charge in [-0.1, -0.05) is 25.8 Å². The summed E-state index contributed by atoms with van der Waals surface area (Å²) in [5.41, 5.74) is 7.60. The largest absolute Gasteiger partial charge is 0.326 e. The summed E-state index contributed by atoms with van der Waals surface area (Å²) in [5, 5.41) is 0. The van der Waals surface area contributed by atoms with Crippen molar-refractivity contribution in [3.8, 4) is 0 Å². The standard InChI is InChI=1S/C16H27N3/c1-3-15(17)16(14-9-6-10-18-11-14)19(2)12-13-7-4-5-8-13/h6,9-11,13,15-16H,3-5,7-8,12,17H2,1-2H3. The molecule has 0 saturated heterocycles. The van der Waals surface area contributed by atoms with E-state index < -0.39 is 0 Å². The minimum Gasteiger partial charge on any atom is -0.326 e. The predicted molar refractivity (Wildman–Crippen MR) is 79.8 cm³/mol.